The maximum atomic E-state index is 5.89. The maximum absolute atomic E-state index is 5.89. The Hall–Kier alpha value is -0.0800. The summed E-state index contributed by atoms with van der Waals surface area (Å²) in [7, 11) is 0. The minimum Gasteiger partial charge on any atom is -0.352 e. The van der Waals surface area contributed by atoms with Gasteiger partial charge in [0.1, 0.15) is 0 Å². The van der Waals surface area contributed by atoms with Crippen molar-refractivity contribution in [1.29, 1.82) is 0 Å². The highest BCUT2D eigenvalue weighted by Crippen LogP contribution is 2.33. The monoisotopic (exact) mass is 244 g/mol. The fraction of sp³-hybridized carbons (Fsp3) is 1.00. The van der Waals surface area contributed by atoms with Gasteiger partial charge in [0.15, 0.2) is 6.29 Å². The van der Waals surface area contributed by atoms with Gasteiger partial charge in [-0.3, -0.25) is 0 Å². The molecule has 0 rings (SSSR count). The molecule has 0 bridgehead atoms. The van der Waals surface area contributed by atoms with Crippen molar-refractivity contribution in [1.82, 2.24) is 0 Å². The van der Waals surface area contributed by atoms with Crippen LogP contribution in [0, 0.1) is 10.8 Å². The van der Waals surface area contributed by atoms with E-state index in [0.717, 1.165) is 19.4 Å². The van der Waals surface area contributed by atoms with E-state index in [1.165, 1.54) is 0 Å². The van der Waals surface area contributed by atoms with Gasteiger partial charge in [0.05, 0.1) is 12.7 Å². The maximum Gasteiger partial charge on any atom is 0.157 e. The average Bonchev–Trinajstić information content (AvgIpc) is 2.07. The molecule has 2 nitrogen and oxygen atoms in total. The van der Waals surface area contributed by atoms with E-state index < -0.39 is 0 Å². The quantitative estimate of drug-likeness (QED) is 0.608. The first-order chi connectivity index (χ1) is 7.56. The standard InChI is InChI=1S/C15H32O2/c1-9-13(17-12(2)3)16-11-15(7,8)10-14(4,5)6/h12-13H,9-11H2,1-8H3. The topological polar surface area (TPSA) is 18.5 Å². The van der Waals surface area contributed by atoms with E-state index in [1.54, 1.807) is 0 Å². The van der Waals surface area contributed by atoms with Gasteiger partial charge in [-0.25, -0.2) is 0 Å². The first-order valence-corrected chi connectivity index (χ1v) is 6.83. The molecule has 0 aromatic heterocycles. The van der Waals surface area contributed by atoms with Crippen molar-refractivity contribution in [3.63, 3.8) is 0 Å². The van der Waals surface area contributed by atoms with Crippen molar-refractivity contribution in [3.05, 3.63) is 0 Å². The summed E-state index contributed by atoms with van der Waals surface area (Å²) in [5.41, 5.74) is 0.541. The van der Waals surface area contributed by atoms with Crippen molar-refractivity contribution in [2.24, 2.45) is 10.8 Å². The number of hydrogen-bond acceptors (Lipinski definition) is 2. The van der Waals surface area contributed by atoms with Crippen molar-refractivity contribution < 1.29 is 9.47 Å². The van der Waals surface area contributed by atoms with E-state index in [2.05, 4.69) is 41.5 Å². The minimum absolute atomic E-state index is 0.0609. The Morgan fingerprint density at radius 2 is 1.53 bits per heavy atom. The molecule has 17 heavy (non-hydrogen) atoms. The van der Waals surface area contributed by atoms with Crippen LogP contribution in [-0.2, 0) is 9.47 Å². The van der Waals surface area contributed by atoms with Crippen LogP contribution < -0.4 is 0 Å². The van der Waals surface area contributed by atoms with Gasteiger partial charge in [-0.05, 0) is 37.5 Å². The highest BCUT2D eigenvalue weighted by Gasteiger charge is 2.26. The molecule has 0 saturated carbocycles. The fourth-order valence-corrected chi connectivity index (χ4v) is 2.36. The molecule has 0 aromatic rings. The second-order valence-corrected chi connectivity index (χ2v) is 7.24. The van der Waals surface area contributed by atoms with Gasteiger partial charge in [0.25, 0.3) is 0 Å². The van der Waals surface area contributed by atoms with E-state index in [-0.39, 0.29) is 17.8 Å². The Bertz CT molecular complexity index is 201. The molecule has 0 saturated heterocycles. The van der Waals surface area contributed by atoms with Crippen molar-refractivity contribution in [2.45, 2.75) is 80.6 Å². The molecule has 0 heterocycles. The van der Waals surface area contributed by atoms with Crippen molar-refractivity contribution in [3.8, 4) is 0 Å². The van der Waals surface area contributed by atoms with E-state index in [4.69, 9.17) is 9.47 Å². The third kappa shape index (κ3) is 9.61. The van der Waals surface area contributed by atoms with Gasteiger partial charge < -0.3 is 9.47 Å². The summed E-state index contributed by atoms with van der Waals surface area (Å²) in [4.78, 5) is 0. The summed E-state index contributed by atoms with van der Waals surface area (Å²) in [5.74, 6) is 0. The predicted molar refractivity (Wildman–Crippen MR) is 74.1 cm³/mol. The molecular weight excluding hydrogens is 212 g/mol. The molecule has 0 spiro atoms. The van der Waals surface area contributed by atoms with Crippen LogP contribution in [0.15, 0.2) is 0 Å². The largest absolute Gasteiger partial charge is 0.352 e. The minimum atomic E-state index is -0.0609. The molecule has 1 unspecified atom stereocenters. The Morgan fingerprint density at radius 3 is 1.88 bits per heavy atom. The molecular formula is C15H32O2. The zero-order valence-corrected chi connectivity index (χ0v) is 13.1. The average molecular weight is 244 g/mol. The third-order valence-corrected chi connectivity index (χ3v) is 2.43. The Labute approximate surface area is 108 Å². The molecule has 0 radical (unpaired) electrons. The van der Waals surface area contributed by atoms with Gasteiger partial charge >= 0.3 is 0 Å². The first-order valence-electron chi connectivity index (χ1n) is 6.83. The second-order valence-electron chi connectivity index (χ2n) is 7.24. The first kappa shape index (κ1) is 16.9. The Balaban J connectivity index is 4.14. The van der Waals surface area contributed by atoms with Gasteiger partial charge in [-0.15, -0.1) is 0 Å². The number of ether oxygens (including phenoxy) is 2. The van der Waals surface area contributed by atoms with Crippen LogP contribution in [0.1, 0.15) is 68.2 Å². The lowest BCUT2D eigenvalue weighted by atomic mass is 9.77. The molecule has 0 aromatic carbocycles. The highest BCUT2D eigenvalue weighted by atomic mass is 16.7. The summed E-state index contributed by atoms with van der Waals surface area (Å²) in [6, 6.07) is 0. The molecule has 0 amide bonds. The second kappa shape index (κ2) is 6.75. The van der Waals surface area contributed by atoms with Crippen LogP contribution in [-0.4, -0.2) is 19.0 Å². The zero-order chi connectivity index (χ0) is 13.7. The summed E-state index contributed by atoms with van der Waals surface area (Å²) in [6.07, 6.45) is 2.22. The van der Waals surface area contributed by atoms with E-state index in [9.17, 15) is 0 Å². The normalized spacial score (nSPS) is 15.4. The van der Waals surface area contributed by atoms with Crippen LogP contribution >= 0.6 is 0 Å². The van der Waals surface area contributed by atoms with Crippen LogP contribution in [0.25, 0.3) is 0 Å². The van der Waals surface area contributed by atoms with Crippen LogP contribution in [0.3, 0.4) is 0 Å². The van der Waals surface area contributed by atoms with Crippen LogP contribution in [0.2, 0.25) is 0 Å². The smallest absolute Gasteiger partial charge is 0.157 e. The van der Waals surface area contributed by atoms with Gasteiger partial charge in [0.2, 0.25) is 0 Å². The van der Waals surface area contributed by atoms with Crippen LogP contribution in [0.5, 0.6) is 0 Å². The Kier molecular flexibility index (Phi) is 6.71. The van der Waals surface area contributed by atoms with Gasteiger partial charge in [0, 0.05) is 0 Å². The Morgan fingerprint density at radius 1 is 1.00 bits per heavy atom. The van der Waals surface area contributed by atoms with Crippen molar-refractivity contribution in [2.75, 3.05) is 6.61 Å². The molecule has 0 N–H and O–H groups in total. The van der Waals surface area contributed by atoms with E-state index in [1.807, 2.05) is 13.8 Å². The molecule has 0 aliphatic carbocycles. The van der Waals surface area contributed by atoms with Crippen molar-refractivity contribution >= 4 is 0 Å². The molecule has 2 heteroatoms. The predicted octanol–water partition coefficient (Wildman–Crippen LogP) is 4.63. The van der Waals surface area contributed by atoms with Gasteiger partial charge in [-0.2, -0.15) is 0 Å². The highest BCUT2D eigenvalue weighted by molar-refractivity contribution is 4.76. The molecule has 0 fully saturated rings. The molecule has 0 aliphatic rings. The molecule has 104 valence electrons. The zero-order valence-electron chi connectivity index (χ0n) is 13.1. The van der Waals surface area contributed by atoms with E-state index >= 15 is 0 Å². The third-order valence-electron chi connectivity index (χ3n) is 2.43. The number of hydrogen-bond donors (Lipinski definition) is 0. The summed E-state index contributed by atoms with van der Waals surface area (Å²) in [5, 5.41) is 0. The summed E-state index contributed by atoms with van der Waals surface area (Å²) < 4.78 is 11.6. The SMILES string of the molecule is CCC(OCC(C)(C)CC(C)(C)C)OC(C)C. The summed E-state index contributed by atoms with van der Waals surface area (Å²) >= 11 is 0. The fourth-order valence-electron chi connectivity index (χ4n) is 2.36. The summed E-state index contributed by atoms with van der Waals surface area (Å²) in [6.45, 7) is 18.3. The lowest BCUT2D eigenvalue weighted by Gasteiger charge is -2.33. The lowest BCUT2D eigenvalue weighted by Crippen LogP contribution is -2.30. The molecule has 1 atom stereocenters. The van der Waals surface area contributed by atoms with E-state index in [0.29, 0.717) is 5.41 Å². The number of rotatable bonds is 7. The molecule has 0 aliphatic heterocycles. The lowest BCUT2D eigenvalue weighted by molar-refractivity contribution is -0.179. The van der Waals surface area contributed by atoms with Gasteiger partial charge in [-0.1, -0.05) is 41.5 Å². The van der Waals surface area contributed by atoms with Crippen LogP contribution in [0.4, 0.5) is 0 Å².